The van der Waals surface area contributed by atoms with Crippen molar-refractivity contribution in [2.24, 2.45) is 5.73 Å². The zero-order valence-electron chi connectivity index (χ0n) is 11.2. The molecule has 1 heteroatoms. The predicted molar refractivity (Wildman–Crippen MR) is 77.9 cm³/mol. The molecule has 0 bridgehead atoms. The van der Waals surface area contributed by atoms with Gasteiger partial charge in [0.2, 0.25) is 0 Å². The quantitative estimate of drug-likeness (QED) is 0.863. The van der Waals surface area contributed by atoms with Crippen molar-refractivity contribution in [2.75, 3.05) is 6.54 Å². The summed E-state index contributed by atoms with van der Waals surface area (Å²) in [5, 5.41) is 0. The van der Waals surface area contributed by atoms with Crippen molar-refractivity contribution < 1.29 is 0 Å². The number of hydrogen-bond acceptors (Lipinski definition) is 1. The van der Waals surface area contributed by atoms with E-state index >= 15 is 0 Å². The minimum absolute atomic E-state index is 0.414. The Hall–Kier alpha value is -1.60. The third-order valence-electron chi connectivity index (χ3n) is 3.58. The second kappa shape index (κ2) is 5.83. The maximum absolute atomic E-state index is 5.80. The summed E-state index contributed by atoms with van der Waals surface area (Å²) in [5.41, 5.74) is 11.3. The molecule has 0 aliphatic carbocycles. The van der Waals surface area contributed by atoms with Gasteiger partial charge in [-0.15, -0.1) is 0 Å². The van der Waals surface area contributed by atoms with Gasteiger partial charge in [0.15, 0.2) is 0 Å². The van der Waals surface area contributed by atoms with Crippen LogP contribution in [0.15, 0.2) is 48.5 Å². The number of nitrogens with two attached hydrogens (primary N) is 1. The topological polar surface area (TPSA) is 26.0 Å². The summed E-state index contributed by atoms with van der Waals surface area (Å²) in [6.07, 6.45) is 0.996. The zero-order chi connectivity index (χ0) is 13.0. The number of aryl methyl sites for hydroxylation is 2. The van der Waals surface area contributed by atoms with Gasteiger partial charge in [-0.3, -0.25) is 0 Å². The lowest BCUT2D eigenvalue weighted by atomic mass is 9.84. The van der Waals surface area contributed by atoms with E-state index in [1.807, 2.05) is 0 Å². The van der Waals surface area contributed by atoms with Crippen LogP contribution >= 0.6 is 0 Å². The molecule has 0 aliphatic rings. The van der Waals surface area contributed by atoms with E-state index in [9.17, 15) is 0 Å². The van der Waals surface area contributed by atoms with E-state index in [-0.39, 0.29) is 0 Å². The maximum Gasteiger partial charge on any atom is 0.0107 e. The molecule has 0 radical (unpaired) electrons. The fraction of sp³-hybridized carbons (Fsp3) is 0.294. The van der Waals surface area contributed by atoms with E-state index in [0.717, 1.165) is 6.42 Å². The first-order valence-corrected chi connectivity index (χ1v) is 6.55. The molecular formula is C17H21N. The molecule has 0 saturated carbocycles. The summed E-state index contributed by atoms with van der Waals surface area (Å²) in [6, 6.07) is 17.2. The maximum atomic E-state index is 5.80. The molecule has 0 saturated heterocycles. The summed E-state index contributed by atoms with van der Waals surface area (Å²) < 4.78 is 0. The van der Waals surface area contributed by atoms with Crippen molar-refractivity contribution in [3.05, 3.63) is 70.8 Å². The molecule has 0 unspecified atom stereocenters. The molecule has 0 fully saturated rings. The monoisotopic (exact) mass is 239 g/mol. The minimum atomic E-state index is 0.414. The normalized spacial score (nSPS) is 10.9. The van der Waals surface area contributed by atoms with Gasteiger partial charge in [0.05, 0.1) is 0 Å². The molecule has 2 aromatic carbocycles. The minimum Gasteiger partial charge on any atom is -0.330 e. The Kier molecular flexibility index (Phi) is 4.16. The molecule has 0 aliphatic heterocycles. The van der Waals surface area contributed by atoms with Crippen LogP contribution in [0.4, 0.5) is 0 Å². The fourth-order valence-corrected chi connectivity index (χ4v) is 2.60. The van der Waals surface area contributed by atoms with Gasteiger partial charge < -0.3 is 5.73 Å². The summed E-state index contributed by atoms with van der Waals surface area (Å²) in [6.45, 7) is 5.07. The van der Waals surface area contributed by atoms with Crippen LogP contribution < -0.4 is 5.73 Å². The van der Waals surface area contributed by atoms with Gasteiger partial charge >= 0.3 is 0 Å². The largest absolute Gasteiger partial charge is 0.330 e. The first-order chi connectivity index (χ1) is 8.74. The average molecular weight is 239 g/mol. The zero-order valence-corrected chi connectivity index (χ0v) is 11.2. The standard InChI is InChI=1S/C17H21N/c1-13-7-3-5-9-15(13)17(11-12-18)16-10-6-4-8-14(16)2/h3-10,17H,11-12,18H2,1-2H3. The highest BCUT2D eigenvalue weighted by atomic mass is 14.5. The van der Waals surface area contributed by atoms with Gasteiger partial charge in [0, 0.05) is 5.92 Å². The second-order valence-electron chi connectivity index (χ2n) is 4.84. The van der Waals surface area contributed by atoms with Gasteiger partial charge in [-0.2, -0.15) is 0 Å². The van der Waals surface area contributed by atoms with Crippen LogP contribution in [0.2, 0.25) is 0 Å². The van der Waals surface area contributed by atoms with Crippen LogP contribution in [-0.2, 0) is 0 Å². The molecule has 0 heterocycles. The van der Waals surface area contributed by atoms with Gasteiger partial charge in [-0.25, -0.2) is 0 Å². The first-order valence-electron chi connectivity index (χ1n) is 6.55. The van der Waals surface area contributed by atoms with Gasteiger partial charge in [0.25, 0.3) is 0 Å². The second-order valence-corrected chi connectivity index (χ2v) is 4.84. The SMILES string of the molecule is Cc1ccccc1C(CCN)c1ccccc1C. The number of rotatable bonds is 4. The average Bonchev–Trinajstić information content (AvgIpc) is 2.38. The van der Waals surface area contributed by atoms with Crippen molar-refractivity contribution in [1.29, 1.82) is 0 Å². The highest BCUT2D eigenvalue weighted by Gasteiger charge is 2.16. The third-order valence-corrected chi connectivity index (χ3v) is 3.58. The molecule has 0 spiro atoms. The molecule has 0 aromatic heterocycles. The predicted octanol–water partition coefficient (Wildman–Crippen LogP) is 3.78. The summed E-state index contributed by atoms with van der Waals surface area (Å²) in [7, 11) is 0. The van der Waals surface area contributed by atoms with Gasteiger partial charge in [0.1, 0.15) is 0 Å². The van der Waals surface area contributed by atoms with Crippen molar-refractivity contribution in [2.45, 2.75) is 26.2 Å². The Morgan fingerprint density at radius 3 is 1.67 bits per heavy atom. The smallest absolute Gasteiger partial charge is 0.0107 e. The van der Waals surface area contributed by atoms with Crippen LogP contribution in [0.3, 0.4) is 0 Å². The third kappa shape index (κ3) is 2.62. The van der Waals surface area contributed by atoms with Crippen LogP contribution in [0.1, 0.15) is 34.6 Å². The van der Waals surface area contributed by atoms with E-state index in [2.05, 4.69) is 62.4 Å². The Bertz CT molecular complexity index is 471. The van der Waals surface area contributed by atoms with Crippen LogP contribution in [0.5, 0.6) is 0 Å². The lowest BCUT2D eigenvalue weighted by molar-refractivity contribution is 0.718. The summed E-state index contributed by atoms with van der Waals surface area (Å²) in [4.78, 5) is 0. The Morgan fingerprint density at radius 2 is 1.28 bits per heavy atom. The van der Waals surface area contributed by atoms with Crippen LogP contribution in [0.25, 0.3) is 0 Å². The van der Waals surface area contributed by atoms with E-state index < -0.39 is 0 Å². The molecule has 2 rings (SSSR count). The van der Waals surface area contributed by atoms with Crippen LogP contribution in [0, 0.1) is 13.8 Å². The molecule has 2 N–H and O–H groups in total. The van der Waals surface area contributed by atoms with Crippen molar-refractivity contribution in [1.82, 2.24) is 0 Å². The van der Waals surface area contributed by atoms with Crippen molar-refractivity contribution >= 4 is 0 Å². The van der Waals surface area contributed by atoms with Gasteiger partial charge in [-0.1, -0.05) is 48.5 Å². The molecule has 1 nitrogen and oxygen atoms in total. The summed E-state index contributed by atoms with van der Waals surface area (Å²) >= 11 is 0. The highest BCUT2D eigenvalue weighted by molar-refractivity contribution is 5.40. The van der Waals surface area contributed by atoms with E-state index in [1.165, 1.54) is 22.3 Å². The Labute approximate surface area is 110 Å². The fourth-order valence-electron chi connectivity index (χ4n) is 2.60. The molecule has 2 aromatic rings. The molecular weight excluding hydrogens is 218 g/mol. The first kappa shape index (κ1) is 12.8. The highest BCUT2D eigenvalue weighted by Crippen LogP contribution is 2.31. The molecule has 0 atom stereocenters. The molecule has 94 valence electrons. The summed E-state index contributed by atoms with van der Waals surface area (Å²) in [5.74, 6) is 0.414. The lowest BCUT2D eigenvalue weighted by Crippen LogP contribution is -2.11. The van der Waals surface area contributed by atoms with Gasteiger partial charge in [-0.05, 0) is 49.1 Å². The molecule has 18 heavy (non-hydrogen) atoms. The van der Waals surface area contributed by atoms with Crippen molar-refractivity contribution in [3.8, 4) is 0 Å². The van der Waals surface area contributed by atoms with E-state index in [4.69, 9.17) is 5.73 Å². The number of hydrogen-bond donors (Lipinski definition) is 1. The molecule has 0 amide bonds. The van der Waals surface area contributed by atoms with Crippen LogP contribution in [-0.4, -0.2) is 6.54 Å². The number of benzene rings is 2. The Morgan fingerprint density at radius 1 is 0.833 bits per heavy atom. The Balaban J connectivity index is 2.47. The lowest BCUT2D eigenvalue weighted by Gasteiger charge is -2.21. The van der Waals surface area contributed by atoms with Crippen molar-refractivity contribution in [3.63, 3.8) is 0 Å². The van der Waals surface area contributed by atoms with E-state index in [0.29, 0.717) is 12.5 Å². The van der Waals surface area contributed by atoms with E-state index in [1.54, 1.807) is 0 Å².